The Morgan fingerprint density at radius 3 is 2.44 bits per heavy atom. The van der Waals surface area contributed by atoms with Gasteiger partial charge >= 0.3 is 0 Å². The van der Waals surface area contributed by atoms with E-state index in [-0.39, 0.29) is 5.91 Å². The lowest BCUT2D eigenvalue weighted by molar-refractivity contribution is 0.0953. The van der Waals surface area contributed by atoms with Crippen LogP contribution in [0.25, 0.3) is 0 Å². The maximum absolute atomic E-state index is 11.8. The van der Waals surface area contributed by atoms with E-state index >= 15 is 0 Å². The van der Waals surface area contributed by atoms with Gasteiger partial charge in [0.2, 0.25) is 0 Å². The average molecular weight is 372 g/mol. The summed E-state index contributed by atoms with van der Waals surface area (Å²) < 4.78 is 1.10. The van der Waals surface area contributed by atoms with Gasteiger partial charge in [0.05, 0.1) is 15.6 Å². The predicted molar refractivity (Wildman–Crippen MR) is 76.9 cm³/mol. The summed E-state index contributed by atoms with van der Waals surface area (Å²) in [6.45, 7) is 0.656. The minimum Gasteiger partial charge on any atom is -0.352 e. The Kier molecular flexibility index (Phi) is 6.46. The molecule has 0 radical (unpaired) electrons. The van der Waals surface area contributed by atoms with Gasteiger partial charge in [0.15, 0.2) is 0 Å². The summed E-state index contributed by atoms with van der Waals surface area (Å²) in [6.07, 6.45) is 2.06. The maximum Gasteiger partial charge on any atom is 0.254 e. The molecule has 1 amide bonds. The first-order valence-electron chi connectivity index (χ1n) is 4.95. The number of unbranched alkanes of at least 4 members (excludes halogenated alkanes) is 1. The van der Waals surface area contributed by atoms with Crippen molar-refractivity contribution in [1.29, 1.82) is 0 Å². The molecule has 0 aromatic heterocycles. The molecule has 0 bridgehead atoms. The van der Waals surface area contributed by atoms with Gasteiger partial charge in [-0.05, 0) is 29.4 Å². The first-order valence-corrected chi connectivity index (χ1v) is 7.23. The molecule has 1 N–H and O–H groups in total. The van der Waals surface area contributed by atoms with Crippen molar-refractivity contribution in [3.05, 3.63) is 33.8 Å². The van der Waals surface area contributed by atoms with Crippen LogP contribution in [0.3, 0.4) is 0 Å². The van der Waals surface area contributed by atoms with Crippen molar-refractivity contribution in [2.45, 2.75) is 12.8 Å². The predicted octanol–water partition coefficient (Wildman–Crippen LogP) is 3.94. The second-order valence-corrected chi connectivity index (χ2v) is 5.14. The second kappa shape index (κ2) is 7.35. The van der Waals surface area contributed by atoms with Crippen LogP contribution in [0, 0.1) is 0 Å². The van der Waals surface area contributed by atoms with Crippen LogP contribution in [-0.4, -0.2) is 16.9 Å². The number of rotatable bonds is 5. The van der Waals surface area contributed by atoms with Gasteiger partial charge in [0, 0.05) is 6.54 Å². The molecule has 0 aliphatic rings. The van der Waals surface area contributed by atoms with Gasteiger partial charge in [0.1, 0.15) is 0 Å². The summed E-state index contributed by atoms with van der Waals surface area (Å²) in [6, 6.07) is 5.04. The van der Waals surface area contributed by atoms with E-state index in [2.05, 4.69) is 27.9 Å². The first kappa shape index (κ1) is 14.1. The largest absolute Gasteiger partial charge is 0.352 e. The smallest absolute Gasteiger partial charge is 0.254 e. The highest BCUT2D eigenvalue weighted by Gasteiger charge is 2.13. The molecule has 0 unspecified atom stereocenters. The molecule has 0 heterocycles. The number of nitrogens with one attached hydrogen (secondary N) is 1. The molecule has 2 nitrogen and oxygen atoms in total. The zero-order valence-corrected chi connectivity index (χ0v) is 12.3. The molecule has 0 aliphatic heterocycles. The summed E-state index contributed by atoms with van der Waals surface area (Å²) in [4.78, 5) is 11.8. The minimum atomic E-state index is -0.205. The number of halogens is 3. The standard InChI is InChI=1S/C11H12Cl2INO/c12-8-4-3-5-9(13)10(8)11(16)15-7-2-1-6-14/h3-5H,1-2,6-7H2,(H,15,16). The zero-order valence-electron chi connectivity index (χ0n) is 8.60. The van der Waals surface area contributed by atoms with E-state index in [4.69, 9.17) is 23.2 Å². The van der Waals surface area contributed by atoms with Gasteiger partial charge in [-0.1, -0.05) is 51.9 Å². The zero-order chi connectivity index (χ0) is 12.0. The van der Waals surface area contributed by atoms with Gasteiger partial charge in [-0.15, -0.1) is 0 Å². The van der Waals surface area contributed by atoms with E-state index in [1.54, 1.807) is 18.2 Å². The number of carbonyl (C=O) groups is 1. The summed E-state index contributed by atoms with van der Waals surface area (Å²) in [5, 5.41) is 3.58. The summed E-state index contributed by atoms with van der Waals surface area (Å²) in [5.41, 5.74) is 0.361. The summed E-state index contributed by atoms with van der Waals surface area (Å²) >= 11 is 14.1. The number of alkyl halides is 1. The van der Waals surface area contributed by atoms with Crippen LogP contribution in [0.15, 0.2) is 18.2 Å². The quantitative estimate of drug-likeness (QED) is 0.474. The number of hydrogen-bond acceptors (Lipinski definition) is 1. The van der Waals surface area contributed by atoms with Gasteiger partial charge in [0.25, 0.3) is 5.91 Å². The molecule has 1 rings (SSSR count). The van der Waals surface area contributed by atoms with Crippen LogP contribution in [0.2, 0.25) is 10.0 Å². The Morgan fingerprint density at radius 1 is 1.25 bits per heavy atom. The summed E-state index contributed by atoms with van der Waals surface area (Å²) in [5.74, 6) is -0.205. The molecule has 0 spiro atoms. The van der Waals surface area contributed by atoms with Crippen molar-refractivity contribution in [1.82, 2.24) is 5.32 Å². The van der Waals surface area contributed by atoms with Gasteiger partial charge in [-0.25, -0.2) is 0 Å². The molecule has 0 atom stereocenters. The molecule has 5 heteroatoms. The molecular weight excluding hydrogens is 360 g/mol. The Bertz CT molecular complexity index is 351. The highest BCUT2D eigenvalue weighted by molar-refractivity contribution is 14.1. The topological polar surface area (TPSA) is 29.1 Å². The van der Waals surface area contributed by atoms with E-state index < -0.39 is 0 Å². The normalized spacial score (nSPS) is 10.2. The van der Waals surface area contributed by atoms with Crippen LogP contribution in [0.5, 0.6) is 0 Å². The van der Waals surface area contributed by atoms with Crippen LogP contribution >= 0.6 is 45.8 Å². The number of benzene rings is 1. The van der Waals surface area contributed by atoms with Gasteiger partial charge in [-0.2, -0.15) is 0 Å². The van der Waals surface area contributed by atoms with E-state index in [0.717, 1.165) is 17.3 Å². The Morgan fingerprint density at radius 2 is 1.88 bits per heavy atom. The third-order valence-electron chi connectivity index (χ3n) is 2.04. The lowest BCUT2D eigenvalue weighted by Crippen LogP contribution is -2.25. The van der Waals surface area contributed by atoms with Crippen LogP contribution < -0.4 is 5.32 Å². The molecule has 0 saturated heterocycles. The molecule has 1 aromatic rings. The van der Waals surface area contributed by atoms with Crippen molar-refractivity contribution >= 4 is 51.7 Å². The van der Waals surface area contributed by atoms with E-state index in [9.17, 15) is 4.79 Å². The Hall–Kier alpha value is -0.000000000000000111. The number of hydrogen-bond donors (Lipinski definition) is 1. The molecule has 88 valence electrons. The lowest BCUT2D eigenvalue weighted by Gasteiger charge is -2.07. The minimum absolute atomic E-state index is 0.205. The summed E-state index contributed by atoms with van der Waals surface area (Å²) in [7, 11) is 0. The van der Waals surface area contributed by atoms with Crippen molar-refractivity contribution in [3.63, 3.8) is 0 Å². The highest BCUT2D eigenvalue weighted by atomic mass is 127. The monoisotopic (exact) mass is 371 g/mol. The van der Waals surface area contributed by atoms with Crippen molar-refractivity contribution in [3.8, 4) is 0 Å². The fraction of sp³-hybridized carbons (Fsp3) is 0.364. The molecular formula is C11H12Cl2INO. The van der Waals surface area contributed by atoms with Crippen molar-refractivity contribution < 1.29 is 4.79 Å². The molecule has 1 aromatic carbocycles. The molecule has 0 fully saturated rings. The van der Waals surface area contributed by atoms with Gasteiger partial charge < -0.3 is 5.32 Å². The third kappa shape index (κ3) is 4.11. The van der Waals surface area contributed by atoms with Gasteiger partial charge in [-0.3, -0.25) is 4.79 Å². The average Bonchev–Trinajstić information content (AvgIpc) is 2.24. The lowest BCUT2D eigenvalue weighted by atomic mass is 10.2. The highest BCUT2D eigenvalue weighted by Crippen LogP contribution is 2.23. The fourth-order valence-electron chi connectivity index (χ4n) is 1.22. The molecule has 0 aliphatic carbocycles. The van der Waals surface area contributed by atoms with Crippen LogP contribution in [-0.2, 0) is 0 Å². The van der Waals surface area contributed by atoms with Crippen LogP contribution in [0.4, 0.5) is 0 Å². The Labute approximate surface area is 119 Å². The second-order valence-electron chi connectivity index (χ2n) is 3.25. The van der Waals surface area contributed by atoms with E-state index in [0.29, 0.717) is 22.2 Å². The SMILES string of the molecule is O=C(NCCCCI)c1c(Cl)cccc1Cl. The van der Waals surface area contributed by atoms with Crippen LogP contribution in [0.1, 0.15) is 23.2 Å². The maximum atomic E-state index is 11.8. The third-order valence-corrected chi connectivity index (χ3v) is 3.43. The Balaban J connectivity index is 2.59. The molecule has 16 heavy (non-hydrogen) atoms. The molecule has 0 saturated carbocycles. The van der Waals surface area contributed by atoms with E-state index in [1.807, 2.05) is 0 Å². The number of carbonyl (C=O) groups excluding carboxylic acids is 1. The first-order chi connectivity index (χ1) is 7.66. The van der Waals surface area contributed by atoms with E-state index in [1.165, 1.54) is 0 Å². The number of amides is 1. The van der Waals surface area contributed by atoms with Crippen molar-refractivity contribution in [2.75, 3.05) is 11.0 Å². The fourth-order valence-corrected chi connectivity index (χ4v) is 2.33. The van der Waals surface area contributed by atoms with Crippen molar-refractivity contribution in [2.24, 2.45) is 0 Å².